The molecule has 3 unspecified atom stereocenters. The monoisotopic (exact) mass is 391 g/mol. The van der Waals surface area contributed by atoms with Crippen molar-refractivity contribution in [1.29, 1.82) is 0 Å². The van der Waals surface area contributed by atoms with Gasteiger partial charge < -0.3 is 14.7 Å². The van der Waals surface area contributed by atoms with Crippen molar-refractivity contribution in [2.24, 2.45) is 5.92 Å². The lowest BCUT2D eigenvalue weighted by Gasteiger charge is -2.36. The highest BCUT2D eigenvalue weighted by molar-refractivity contribution is 6.30. The minimum absolute atomic E-state index is 0.0112. The van der Waals surface area contributed by atoms with E-state index in [4.69, 9.17) is 11.6 Å². The standard InChI is InChI=1S/C20H26ClN3O3/c1-14(21)19(26)22-8-10-23(11-9-22)20(27)17-12-18(25)24(13-17)15(2)16-6-4-3-5-7-16/h3-7,14-15,17H,8-13H2,1-2H3. The van der Waals surface area contributed by atoms with E-state index < -0.39 is 5.38 Å². The third-order valence-corrected chi connectivity index (χ3v) is 5.69. The lowest BCUT2D eigenvalue weighted by atomic mass is 10.1. The molecule has 2 fully saturated rings. The van der Waals surface area contributed by atoms with Gasteiger partial charge >= 0.3 is 0 Å². The first-order valence-corrected chi connectivity index (χ1v) is 9.88. The molecule has 0 aromatic heterocycles. The smallest absolute Gasteiger partial charge is 0.240 e. The van der Waals surface area contributed by atoms with E-state index in [1.807, 2.05) is 37.3 Å². The van der Waals surface area contributed by atoms with E-state index >= 15 is 0 Å². The van der Waals surface area contributed by atoms with Crippen LogP contribution in [0.25, 0.3) is 0 Å². The molecule has 2 aliphatic heterocycles. The number of hydrogen-bond donors (Lipinski definition) is 0. The molecule has 146 valence electrons. The molecule has 2 aliphatic rings. The quantitative estimate of drug-likeness (QED) is 0.736. The van der Waals surface area contributed by atoms with Crippen LogP contribution < -0.4 is 0 Å². The zero-order valence-electron chi connectivity index (χ0n) is 15.8. The third kappa shape index (κ3) is 4.26. The maximum absolute atomic E-state index is 12.9. The zero-order valence-corrected chi connectivity index (χ0v) is 16.6. The Kier molecular flexibility index (Phi) is 6.05. The Morgan fingerprint density at radius 3 is 2.22 bits per heavy atom. The summed E-state index contributed by atoms with van der Waals surface area (Å²) >= 11 is 5.86. The van der Waals surface area contributed by atoms with Crippen molar-refractivity contribution in [3.63, 3.8) is 0 Å². The lowest BCUT2D eigenvalue weighted by Crippen LogP contribution is -2.53. The first-order chi connectivity index (χ1) is 12.9. The SMILES string of the molecule is CC(Cl)C(=O)N1CCN(C(=O)C2CC(=O)N(C(C)c3ccccc3)C2)CC1. The van der Waals surface area contributed by atoms with Gasteiger partial charge in [0.1, 0.15) is 5.38 Å². The Labute approximate surface area is 165 Å². The Hall–Kier alpha value is -2.08. The predicted molar refractivity (Wildman–Crippen MR) is 103 cm³/mol. The molecule has 1 aromatic carbocycles. The lowest BCUT2D eigenvalue weighted by molar-refractivity contribution is -0.141. The summed E-state index contributed by atoms with van der Waals surface area (Å²) < 4.78 is 0. The molecule has 3 amide bonds. The summed E-state index contributed by atoms with van der Waals surface area (Å²) in [5.41, 5.74) is 1.07. The molecule has 0 aliphatic carbocycles. The summed E-state index contributed by atoms with van der Waals surface area (Å²) in [4.78, 5) is 42.6. The molecule has 3 atom stereocenters. The number of carbonyl (C=O) groups is 3. The highest BCUT2D eigenvalue weighted by Gasteiger charge is 2.39. The summed E-state index contributed by atoms with van der Waals surface area (Å²) in [6, 6.07) is 9.82. The summed E-state index contributed by atoms with van der Waals surface area (Å²) in [7, 11) is 0. The van der Waals surface area contributed by atoms with Gasteiger partial charge in [-0.15, -0.1) is 11.6 Å². The molecule has 0 spiro atoms. The molecule has 2 heterocycles. The average Bonchev–Trinajstić information content (AvgIpc) is 3.08. The molecular weight excluding hydrogens is 366 g/mol. The van der Waals surface area contributed by atoms with Crippen LogP contribution in [0, 0.1) is 5.92 Å². The van der Waals surface area contributed by atoms with Gasteiger partial charge in [0.05, 0.1) is 12.0 Å². The van der Waals surface area contributed by atoms with E-state index in [2.05, 4.69) is 0 Å². The molecule has 0 radical (unpaired) electrons. The second kappa shape index (κ2) is 8.30. The molecule has 2 saturated heterocycles. The van der Waals surface area contributed by atoms with Gasteiger partial charge in [-0.25, -0.2) is 0 Å². The molecule has 0 N–H and O–H groups in total. The van der Waals surface area contributed by atoms with Crippen LogP contribution in [0.4, 0.5) is 0 Å². The van der Waals surface area contributed by atoms with Gasteiger partial charge in [0.25, 0.3) is 0 Å². The average molecular weight is 392 g/mol. The fourth-order valence-electron chi connectivity index (χ4n) is 3.84. The van der Waals surface area contributed by atoms with Gasteiger partial charge in [-0.3, -0.25) is 14.4 Å². The number of hydrogen-bond acceptors (Lipinski definition) is 3. The molecule has 27 heavy (non-hydrogen) atoms. The number of likely N-dealkylation sites (tertiary alicyclic amines) is 1. The summed E-state index contributed by atoms with van der Waals surface area (Å²) in [6.07, 6.45) is 0.258. The van der Waals surface area contributed by atoms with Crippen LogP contribution in [0.2, 0.25) is 0 Å². The van der Waals surface area contributed by atoms with Crippen LogP contribution in [0.3, 0.4) is 0 Å². The molecule has 0 bridgehead atoms. The Morgan fingerprint density at radius 2 is 1.63 bits per heavy atom. The molecule has 0 saturated carbocycles. The van der Waals surface area contributed by atoms with E-state index in [9.17, 15) is 14.4 Å². The fraction of sp³-hybridized carbons (Fsp3) is 0.550. The van der Waals surface area contributed by atoms with Crippen molar-refractivity contribution in [3.8, 4) is 0 Å². The molecule has 7 heteroatoms. The van der Waals surface area contributed by atoms with E-state index in [1.165, 1.54) is 0 Å². The number of alkyl halides is 1. The number of carbonyl (C=O) groups excluding carboxylic acids is 3. The largest absolute Gasteiger partial charge is 0.339 e. The van der Waals surface area contributed by atoms with Crippen molar-refractivity contribution in [2.75, 3.05) is 32.7 Å². The Morgan fingerprint density at radius 1 is 1.04 bits per heavy atom. The minimum atomic E-state index is -0.548. The third-order valence-electron chi connectivity index (χ3n) is 5.50. The van der Waals surface area contributed by atoms with Crippen LogP contribution in [0.1, 0.15) is 31.9 Å². The summed E-state index contributed by atoms with van der Waals surface area (Å²) in [5.74, 6) is -0.368. The molecule has 3 rings (SSSR count). The maximum atomic E-state index is 12.9. The van der Waals surface area contributed by atoms with Crippen molar-refractivity contribution in [1.82, 2.24) is 14.7 Å². The molecular formula is C20H26ClN3O3. The predicted octanol–water partition coefficient (Wildman–Crippen LogP) is 1.89. The number of rotatable bonds is 4. The highest BCUT2D eigenvalue weighted by Crippen LogP contribution is 2.29. The van der Waals surface area contributed by atoms with Gasteiger partial charge in [-0.05, 0) is 19.4 Å². The van der Waals surface area contributed by atoms with Gasteiger partial charge in [0.15, 0.2) is 0 Å². The number of benzene rings is 1. The number of nitrogens with zero attached hydrogens (tertiary/aromatic N) is 3. The summed E-state index contributed by atoms with van der Waals surface area (Å²) in [5, 5.41) is -0.548. The second-order valence-electron chi connectivity index (χ2n) is 7.30. The van der Waals surface area contributed by atoms with Crippen molar-refractivity contribution >= 4 is 29.3 Å². The minimum Gasteiger partial charge on any atom is -0.339 e. The van der Waals surface area contributed by atoms with Crippen LogP contribution in [-0.2, 0) is 14.4 Å². The summed E-state index contributed by atoms with van der Waals surface area (Å²) in [6.45, 7) is 6.08. The number of amides is 3. The first-order valence-electron chi connectivity index (χ1n) is 9.44. The van der Waals surface area contributed by atoms with Crippen LogP contribution >= 0.6 is 11.6 Å². The van der Waals surface area contributed by atoms with Crippen LogP contribution in [-0.4, -0.2) is 70.5 Å². The van der Waals surface area contributed by atoms with E-state index in [0.717, 1.165) is 5.56 Å². The van der Waals surface area contributed by atoms with E-state index in [-0.39, 0.29) is 36.1 Å². The number of piperazine rings is 1. The van der Waals surface area contributed by atoms with Crippen molar-refractivity contribution in [3.05, 3.63) is 35.9 Å². The Bertz CT molecular complexity index is 702. The highest BCUT2D eigenvalue weighted by atomic mass is 35.5. The molecule has 6 nitrogen and oxygen atoms in total. The zero-order chi connectivity index (χ0) is 19.6. The first kappa shape index (κ1) is 19.7. The normalized spacial score (nSPS) is 22.7. The molecule has 1 aromatic rings. The second-order valence-corrected chi connectivity index (χ2v) is 7.96. The van der Waals surface area contributed by atoms with Gasteiger partial charge in [0.2, 0.25) is 17.7 Å². The fourth-order valence-corrected chi connectivity index (χ4v) is 3.98. The van der Waals surface area contributed by atoms with Crippen LogP contribution in [0.5, 0.6) is 0 Å². The van der Waals surface area contributed by atoms with E-state index in [1.54, 1.807) is 21.6 Å². The van der Waals surface area contributed by atoms with E-state index in [0.29, 0.717) is 32.7 Å². The van der Waals surface area contributed by atoms with Crippen molar-refractivity contribution < 1.29 is 14.4 Å². The topological polar surface area (TPSA) is 60.9 Å². The maximum Gasteiger partial charge on any atom is 0.240 e. The Balaban J connectivity index is 1.58. The number of halogens is 1. The van der Waals surface area contributed by atoms with Gasteiger partial charge in [0, 0.05) is 39.1 Å². The van der Waals surface area contributed by atoms with Crippen LogP contribution in [0.15, 0.2) is 30.3 Å². The van der Waals surface area contributed by atoms with Gasteiger partial charge in [-0.2, -0.15) is 0 Å². The van der Waals surface area contributed by atoms with Gasteiger partial charge in [-0.1, -0.05) is 30.3 Å². The van der Waals surface area contributed by atoms with Crippen molar-refractivity contribution in [2.45, 2.75) is 31.7 Å².